The van der Waals surface area contributed by atoms with Gasteiger partial charge < -0.3 is 5.11 Å². The van der Waals surface area contributed by atoms with Crippen molar-refractivity contribution in [2.45, 2.75) is 11.4 Å². The number of benzene rings is 1. The van der Waals surface area contributed by atoms with Crippen molar-refractivity contribution < 1.29 is 9.67 Å². The zero-order chi connectivity index (χ0) is 11.4. The third-order valence-electron chi connectivity index (χ3n) is 2.37. The lowest BCUT2D eigenvalue weighted by Crippen LogP contribution is -2.32. The fraction of sp³-hybridized carbons (Fsp3) is 0.154. The van der Waals surface area contributed by atoms with Gasteiger partial charge in [0.05, 0.1) is 0 Å². The number of hydrogen-bond donors (Lipinski definition) is 1. The maximum atomic E-state index is 9.35. The van der Waals surface area contributed by atoms with Gasteiger partial charge in [0.25, 0.3) is 0 Å². The van der Waals surface area contributed by atoms with E-state index in [0.29, 0.717) is 5.75 Å². The lowest BCUT2D eigenvalue weighted by atomic mass is 10.2. The van der Waals surface area contributed by atoms with Crippen molar-refractivity contribution >= 4 is 11.8 Å². The Bertz CT molecular complexity index is 468. The maximum absolute atomic E-state index is 9.35. The van der Waals surface area contributed by atoms with Crippen LogP contribution in [0.5, 0.6) is 5.75 Å². The van der Waals surface area contributed by atoms with Gasteiger partial charge in [0.15, 0.2) is 18.5 Å². The van der Waals surface area contributed by atoms with Crippen molar-refractivity contribution in [3.63, 3.8) is 0 Å². The number of rotatable bonds is 3. The maximum Gasteiger partial charge on any atom is 0.211 e. The molecule has 16 heavy (non-hydrogen) atoms. The third kappa shape index (κ3) is 2.76. The molecule has 0 radical (unpaired) electrons. The quantitative estimate of drug-likeness (QED) is 0.649. The molecule has 0 spiro atoms. The van der Waals surface area contributed by atoms with E-state index in [2.05, 4.69) is 30.5 Å². The van der Waals surface area contributed by atoms with Crippen LogP contribution in [0.2, 0.25) is 0 Å². The summed E-state index contributed by atoms with van der Waals surface area (Å²) in [4.78, 5) is 1.27. The smallest absolute Gasteiger partial charge is 0.211 e. The van der Waals surface area contributed by atoms with Crippen molar-refractivity contribution in [2.75, 3.05) is 6.26 Å². The highest BCUT2D eigenvalue weighted by Gasteiger charge is 2.03. The van der Waals surface area contributed by atoms with Gasteiger partial charge in [0, 0.05) is 16.5 Å². The van der Waals surface area contributed by atoms with Crippen LogP contribution in [0, 0.1) is 0 Å². The van der Waals surface area contributed by atoms with Gasteiger partial charge in [0.1, 0.15) is 0 Å². The minimum Gasteiger partial charge on any atom is -0.503 e. The molecule has 3 heteroatoms. The van der Waals surface area contributed by atoms with Crippen LogP contribution in [0.1, 0.15) is 5.56 Å². The summed E-state index contributed by atoms with van der Waals surface area (Å²) in [5, 5.41) is 9.35. The van der Waals surface area contributed by atoms with E-state index in [4.69, 9.17) is 0 Å². The molecule has 0 saturated carbocycles. The van der Waals surface area contributed by atoms with Gasteiger partial charge in [-0.1, -0.05) is 12.1 Å². The molecule has 1 heterocycles. The largest absolute Gasteiger partial charge is 0.503 e. The van der Waals surface area contributed by atoms with Crippen LogP contribution in [0.15, 0.2) is 53.7 Å². The molecule has 2 aromatic rings. The van der Waals surface area contributed by atoms with Crippen LogP contribution in [0.3, 0.4) is 0 Å². The third-order valence-corrected chi connectivity index (χ3v) is 3.11. The molecule has 0 aliphatic rings. The zero-order valence-corrected chi connectivity index (χ0v) is 9.95. The van der Waals surface area contributed by atoms with E-state index < -0.39 is 0 Å². The standard InChI is InChI=1S/C13H13NOS/c1-16-13-6-4-11(5-7-13)9-14-8-2-3-12(15)10-14/h2-8,10H,9H2,1H3/p+1. The van der Waals surface area contributed by atoms with Crippen molar-refractivity contribution in [1.82, 2.24) is 0 Å². The SMILES string of the molecule is CSc1ccc(C[n+]2cccc(O)c2)cc1. The van der Waals surface area contributed by atoms with Gasteiger partial charge in [-0.25, -0.2) is 0 Å². The number of thioether (sulfide) groups is 1. The summed E-state index contributed by atoms with van der Waals surface area (Å²) in [5.74, 6) is 0.295. The predicted molar refractivity (Wildman–Crippen MR) is 65.6 cm³/mol. The summed E-state index contributed by atoms with van der Waals surface area (Å²) < 4.78 is 1.96. The lowest BCUT2D eigenvalue weighted by molar-refractivity contribution is -0.688. The van der Waals surface area contributed by atoms with E-state index in [1.807, 2.05) is 16.8 Å². The van der Waals surface area contributed by atoms with Gasteiger partial charge in [-0.05, 0) is 24.5 Å². The Hall–Kier alpha value is -1.48. The first-order valence-electron chi connectivity index (χ1n) is 5.09. The van der Waals surface area contributed by atoms with E-state index in [9.17, 15) is 5.11 Å². The summed E-state index contributed by atoms with van der Waals surface area (Å²) in [6.45, 7) is 0.781. The second-order valence-electron chi connectivity index (χ2n) is 3.58. The minimum absolute atomic E-state index is 0.295. The van der Waals surface area contributed by atoms with Crippen molar-refractivity contribution in [2.24, 2.45) is 0 Å². The molecule has 0 unspecified atom stereocenters. The Morgan fingerprint density at radius 3 is 2.56 bits per heavy atom. The average Bonchev–Trinajstić information content (AvgIpc) is 2.30. The molecular formula is C13H14NOS+. The highest BCUT2D eigenvalue weighted by molar-refractivity contribution is 7.98. The fourth-order valence-corrected chi connectivity index (χ4v) is 1.96. The number of nitrogens with zero attached hydrogens (tertiary/aromatic N) is 1. The first-order chi connectivity index (χ1) is 7.78. The van der Waals surface area contributed by atoms with Crippen LogP contribution in [-0.2, 0) is 6.54 Å². The highest BCUT2D eigenvalue weighted by atomic mass is 32.2. The van der Waals surface area contributed by atoms with E-state index >= 15 is 0 Å². The van der Waals surface area contributed by atoms with Crippen LogP contribution >= 0.6 is 11.8 Å². The van der Waals surface area contributed by atoms with Crippen LogP contribution in [0.25, 0.3) is 0 Å². The Labute approximate surface area is 99.6 Å². The molecule has 82 valence electrons. The Kier molecular flexibility index (Phi) is 3.47. The lowest BCUT2D eigenvalue weighted by Gasteiger charge is -2.00. The second-order valence-corrected chi connectivity index (χ2v) is 4.46. The molecule has 0 amide bonds. The molecule has 1 aromatic heterocycles. The van der Waals surface area contributed by atoms with E-state index in [0.717, 1.165) is 6.54 Å². The Morgan fingerprint density at radius 1 is 1.19 bits per heavy atom. The zero-order valence-electron chi connectivity index (χ0n) is 9.13. The summed E-state index contributed by atoms with van der Waals surface area (Å²) in [6, 6.07) is 12.0. The van der Waals surface area contributed by atoms with Crippen molar-refractivity contribution in [3.05, 3.63) is 54.4 Å². The Balaban J connectivity index is 2.14. The van der Waals surface area contributed by atoms with Gasteiger partial charge >= 0.3 is 0 Å². The summed E-state index contributed by atoms with van der Waals surface area (Å²) in [6.07, 6.45) is 5.74. The predicted octanol–water partition coefficient (Wildman–Crippen LogP) is 2.45. The van der Waals surface area contributed by atoms with Gasteiger partial charge in [0.2, 0.25) is 6.20 Å². The summed E-state index contributed by atoms with van der Waals surface area (Å²) in [7, 11) is 0. The topological polar surface area (TPSA) is 24.1 Å². The molecule has 0 aliphatic carbocycles. The number of pyridine rings is 1. The van der Waals surface area contributed by atoms with Crippen molar-refractivity contribution in [1.29, 1.82) is 0 Å². The Morgan fingerprint density at radius 2 is 1.94 bits per heavy atom. The van der Waals surface area contributed by atoms with Gasteiger partial charge in [-0.2, -0.15) is 4.57 Å². The number of aromatic nitrogens is 1. The van der Waals surface area contributed by atoms with Crippen molar-refractivity contribution in [3.8, 4) is 5.75 Å². The molecule has 0 saturated heterocycles. The summed E-state index contributed by atoms with van der Waals surface area (Å²) >= 11 is 1.74. The molecule has 0 bridgehead atoms. The normalized spacial score (nSPS) is 10.3. The molecule has 0 fully saturated rings. The molecule has 1 aromatic carbocycles. The molecule has 1 N–H and O–H groups in total. The first-order valence-corrected chi connectivity index (χ1v) is 6.31. The molecule has 0 atom stereocenters. The van der Waals surface area contributed by atoms with E-state index in [1.165, 1.54) is 10.5 Å². The molecule has 0 aliphatic heterocycles. The number of hydrogen-bond acceptors (Lipinski definition) is 2. The van der Waals surface area contributed by atoms with E-state index in [1.54, 1.807) is 24.0 Å². The first kappa shape index (κ1) is 11.0. The highest BCUT2D eigenvalue weighted by Crippen LogP contribution is 2.14. The fourth-order valence-electron chi connectivity index (χ4n) is 1.55. The van der Waals surface area contributed by atoms with Crippen LogP contribution < -0.4 is 4.57 Å². The monoisotopic (exact) mass is 232 g/mol. The molecule has 2 rings (SSSR count). The summed E-state index contributed by atoms with van der Waals surface area (Å²) in [5.41, 5.74) is 1.23. The van der Waals surface area contributed by atoms with Crippen LogP contribution in [-0.4, -0.2) is 11.4 Å². The second kappa shape index (κ2) is 5.03. The average molecular weight is 232 g/mol. The van der Waals surface area contributed by atoms with Gasteiger partial charge in [-0.15, -0.1) is 11.8 Å². The molecule has 2 nitrogen and oxygen atoms in total. The van der Waals surface area contributed by atoms with E-state index in [-0.39, 0.29) is 0 Å². The molecular weight excluding hydrogens is 218 g/mol. The van der Waals surface area contributed by atoms with Gasteiger partial charge in [-0.3, -0.25) is 0 Å². The number of aromatic hydroxyl groups is 1. The van der Waals surface area contributed by atoms with Crippen LogP contribution in [0.4, 0.5) is 0 Å². The minimum atomic E-state index is 0.295.